The number of amides is 1. The largest absolute Gasteiger partial charge is 0.493 e. The van der Waals surface area contributed by atoms with Crippen molar-refractivity contribution in [2.75, 3.05) is 6.61 Å². The molecule has 4 aromatic rings. The second kappa shape index (κ2) is 9.17. The van der Waals surface area contributed by atoms with Crippen LogP contribution in [0.2, 0.25) is 0 Å². The number of carbonyl (C=O) groups is 1. The molecular weight excluding hydrogens is 488 g/mol. The maximum absolute atomic E-state index is 15.7. The Labute approximate surface area is 210 Å². The lowest BCUT2D eigenvalue weighted by atomic mass is 9.97. The molecule has 0 unspecified atom stereocenters. The summed E-state index contributed by atoms with van der Waals surface area (Å²) in [5, 5.41) is 4.25. The van der Waals surface area contributed by atoms with Crippen LogP contribution in [0.25, 0.3) is 22.0 Å². The predicted octanol–water partition coefficient (Wildman–Crippen LogP) is 5.98. The Morgan fingerprint density at radius 1 is 1.14 bits per heavy atom. The van der Waals surface area contributed by atoms with Crippen LogP contribution in [0.1, 0.15) is 41.0 Å². The number of fused-ring (bicyclic) bond motifs is 2. The van der Waals surface area contributed by atoms with Gasteiger partial charge in [0.25, 0.3) is 5.91 Å². The van der Waals surface area contributed by atoms with Crippen LogP contribution >= 0.6 is 0 Å². The van der Waals surface area contributed by atoms with Crippen molar-refractivity contribution in [2.45, 2.75) is 33.1 Å². The Morgan fingerprint density at radius 2 is 1.92 bits per heavy atom. The molecule has 5 rings (SSSR count). The summed E-state index contributed by atoms with van der Waals surface area (Å²) >= 11 is 0. The molecule has 0 spiro atoms. The van der Waals surface area contributed by atoms with Crippen molar-refractivity contribution in [2.24, 2.45) is 13.0 Å². The molecular formula is C27H24F4N4O2. The second-order valence-corrected chi connectivity index (χ2v) is 9.52. The molecule has 0 saturated carbocycles. The number of nitrogens with zero attached hydrogens (tertiary/aromatic N) is 4. The van der Waals surface area contributed by atoms with E-state index < -0.39 is 17.6 Å². The first-order chi connectivity index (χ1) is 17.5. The first-order valence-corrected chi connectivity index (χ1v) is 11.7. The van der Waals surface area contributed by atoms with E-state index in [0.717, 1.165) is 6.07 Å². The standard InChI is InChI=1S/C27H24F4N4O2/c1-15(2)14-37-24-10-16(17-6-7-21(27(29,30)31)25-19(17)11-34(3)33-25)9-22(28)20(24)12-35-13-23-18(26(35)36)5-4-8-32-23/h4-11,15H,12-14H2,1-3H3. The van der Waals surface area contributed by atoms with E-state index in [1.54, 1.807) is 24.4 Å². The number of alkyl halides is 3. The van der Waals surface area contributed by atoms with E-state index in [-0.39, 0.29) is 47.1 Å². The first kappa shape index (κ1) is 24.7. The van der Waals surface area contributed by atoms with Crippen molar-refractivity contribution in [3.8, 4) is 16.9 Å². The molecule has 10 heteroatoms. The molecule has 1 amide bonds. The van der Waals surface area contributed by atoms with E-state index in [0.29, 0.717) is 29.0 Å². The van der Waals surface area contributed by atoms with Crippen LogP contribution < -0.4 is 4.74 Å². The molecule has 1 aliphatic rings. The van der Waals surface area contributed by atoms with E-state index in [2.05, 4.69) is 10.1 Å². The predicted molar refractivity (Wildman–Crippen MR) is 129 cm³/mol. The van der Waals surface area contributed by atoms with Crippen molar-refractivity contribution >= 4 is 16.8 Å². The number of aromatic nitrogens is 3. The zero-order chi connectivity index (χ0) is 26.5. The summed E-state index contributed by atoms with van der Waals surface area (Å²) in [4.78, 5) is 18.6. The highest BCUT2D eigenvalue weighted by Gasteiger charge is 2.35. The maximum atomic E-state index is 15.7. The van der Waals surface area contributed by atoms with Gasteiger partial charge in [-0.3, -0.25) is 14.5 Å². The molecule has 0 saturated heterocycles. The van der Waals surface area contributed by atoms with Crippen molar-refractivity contribution in [1.82, 2.24) is 19.7 Å². The lowest BCUT2D eigenvalue weighted by molar-refractivity contribution is -0.136. The van der Waals surface area contributed by atoms with Gasteiger partial charge in [-0.2, -0.15) is 18.3 Å². The zero-order valence-electron chi connectivity index (χ0n) is 20.4. The number of aryl methyl sites for hydroxylation is 1. The van der Waals surface area contributed by atoms with Gasteiger partial charge in [0.05, 0.1) is 36.5 Å². The summed E-state index contributed by atoms with van der Waals surface area (Å²) in [5.74, 6) is -0.499. The Bertz CT molecular complexity index is 1510. The minimum Gasteiger partial charge on any atom is -0.493 e. The van der Waals surface area contributed by atoms with E-state index in [4.69, 9.17) is 4.74 Å². The SMILES string of the molecule is CC(C)COc1cc(-c2ccc(C(F)(F)F)c3nn(C)cc23)cc(F)c1CN1Cc2ncccc2C1=O. The Hall–Kier alpha value is -3.95. The average molecular weight is 513 g/mol. The quantitative estimate of drug-likeness (QED) is 0.298. The third kappa shape index (κ3) is 4.63. The fraction of sp³-hybridized carbons (Fsp3) is 0.296. The normalized spacial score (nSPS) is 13.6. The third-order valence-corrected chi connectivity index (χ3v) is 6.23. The van der Waals surface area contributed by atoms with Gasteiger partial charge < -0.3 is 9.64 Å². The monoisotopic (exact) mass is 512 g/mol. The summed E-state index contributed by atoms with van der Waals surface area (Å²) in [7, 11) is 1.53. The molecule has 6 nitrogen and oxygen atoms in total. The summed E-state index contributed by atoms with van der Waals surface area (Å²) in [6.45, 7) is 4.39. The number of hydrogen-bond acceptors (Lipinski definition) is 4. The fourth-order valence-electron chi connectivity index (χ4n) is 4.51. The van der Waals surface area contributed by atoms with E-state index in [1.165, 1.54) is 35.0 Å². The van der Waals surface area contributed by atoms with Gasteiger partial charge in [-0.15, -0.1) is 0 Å². The molecule has 2 aromatic heterocycles. The van der Waals surface area contributed by atoms with Gasteiger partial charge in [0.1, 0.15) is 17.1 Å². The third-order valence-electron chi connectivity index (χ3n) is 6.23. The van der Waals surface area contributed by atoms with Gasteiger partial charge in [-0.05, 0) is 47.4 Å². The minimum absolute atomic E-state index is 0.0376. The van der Waals surface area contributed by atoms with Gasteiger partial charge in [-0.1, -0.05) is 19.9 Å². The smallest absolute Gasteiger partial charge is 0.418 e. The van der Waals surface area contributed by atoms with Crippen LogP contribution in [0, 0.1) is 11.7 Å². The zero-order valence-corrected chi connectivity index (χ0v) is 20.4. The molecule has 0 atom stereocenters. The number of pyridine rings is 1. The fourth-order valence-corrected chi connectivity index (χ4v) is 4.51. The van der Waals surface area contributed by atoms with Crippen LogP contribution in [0.4, 0.5) is 17.6 Å². The Balaban J connectivity index is 1.58. The van der Waals surface area contributed by atoms with Crippen LogP contribution in [0.3, 0.4) is 0 Å². The Kier molecular flexibility index (Phi) is 6.13. The van der Waals surface area contributed by atoms with Crippen molar-refractivity contribution in [1.29, 1.82) is 0 Å². The van der Waals surface area contributed by atoms with Crippen molar-refractivity contribution < 1.29 is 27.1 Å². The highest BCUT2D eigenvalue weighted by Crippen LogP contribution is 2.40. The van der Waals surface area contributed by atoms with Gasteiger partial charge in [0.2, 0.25) is 0 Å². The topological polar surface area (TPSA) is 60.2 Å². The molecule has 0 radical (unpaired) electrons. The van der Waals surface area contributed by atoms with Gasteiger partial charge in [0, 0.05) is 30.4 Å². The Morgan fingerprint density at radius 3 is 2.62 bits per heavy atom. The number of hydrogen-bond donors (Lipinski definition) is 0. The molecule has 0 aliphatic carbocycles. The molecule has 3 heterocycles. The van der Waals surface area contributed by atoms with Crippen LogP contribution in [0.15, 0.2) is 48.8 Å². The summed E-state index contributed by atoms with van der Waals surface area (Å²) < 4.78 is 63.7. The molecule has 2 aromatic carbocycles. The summed E-state index contributed by atoms with van der Waals surface area (Å²) in [6.07, 6.45) is -1.50. The lowest BCUT2D eigenvalue weighted by Crippen LogP contribution is -2.24. The molecule has 1 aliphatic heterocycles. The van der Waals surface area contributed by atoms with Gasteiger partial charge >= 0.3 is 6.18 Å². The molecule has 37 heavy (non-hydrogen) atoms. The minimum atomic E-state index is -4.58. The summed E-state index contributed by atoms with van der Waals surface area (Å²) in [5.41, 5.74) is 0.968. The number of carbonyl (C=O) groups excluding carboxylic acids is 1. The van der Waals surface area contributed by atoms with Gasteiger partial charge in [0.15, 0.2) is 0 Å². The molecule has 0 bridgehead atoms. The molecule has 0 N–H and O–H groups in total. The van der Waals surface area contributed by atoms with E-state index >= 15 is 4.39 Å². The van der Waals surface area contributed by atoms with Crippen LogP contribution in [-0.4, -0.2) is 32.2 Å². The summed E-state index contributed by atoms with van der Waals surface area (Å²) in [6, 6.07) is 8.51. The first-order valence-electron chi connectivity index (χ1n) is 11.7. The number of rotatable bonds is 6. The molecule has 0 fully saturated rings. The number of ether oxygens (including phenoxy) is 1. The average Bonchev–Trinajstić information content (AvgIpc) is 3.37. The lowest BCUT2D eigenvalue weighted by Gasteiger charge is -2.21. The van der Waals surface area contributed by atoms with E-state index in [9.17, 15) is 18.0 Å². The highest BCUT2D eigenvalue weighted by atomic mass is 19.4. The number of benzene rings is 2. The maximum Gasteiger partial charge on any atom is 0.418 e. The van der Waals surface area contributed by atoms with Gasteiger partial charge in [-0.25, -0.2) is 4.39 Å². The van der Waals surface area contributed by atoms with Crippen molar-refractivity contribution in [3.05, 3.63) is 77.0 Å². The second-order valence-electron chi connectivity index (χ2n) is 9.52. The van der Waals surface area contributed by atoms with E-state index in [1.807, 2.05) is 13.8 Å². The van der Waals surface area contributed by atoms with Crippen LogP contribution in [-0.2, 0) is 26.3 Å². The van der Waals surface area contributed by atoms with Crippen molar-refractivity contribution in [3.63, 3.8) is 0 Å². The number of halogens is 4. The van der Waals surface area contributed by atoms with Crippen LogP contribution in [0.5, 0.6) is 5.75 Å². The highest BCUT2D eigenvalue weighted by molar-refractivity contribution is 5.98. The molecule has 192 valence electrons.